The molecule has 46 heavy (non-hydrogen) atoms. The summed E-state index contributed by atoms with van der Waals surface area (Å²) in [7, 11) is 1.46. The van der Waals surface area contributed by atoms with Crippen LogP contribution in [0.25, 0.3) is 16.8 Å². The molecule has 0 radical (unpaired) electrons. The highest BCUT2D eigenvalue weighted by Crippen LogP contribution is 2.35. The molecule has 2 aliphatic heterocycles. The number of nitrogens with zero attached hydrogens (tertiary/aromatic N) is 4. The molecule has 12 heteroatoms. The van der Waals surface area contributed by atoms with Gasteiger partial charge in [-0.05, 0) is 52.6 Å². The summed E-state index contributed by atoms with van der Waals surface area (Å²) in [6.07, 6.45) is -4.05. The minimum atomic E-state index is -4.80. The van der Waals surface area contributed by atoms with Crippen LogP contribution in [0.4, 0.5) is 13.2 Å². The maximum atomic E-state index is 14.1. The number of aliphatic imine (C=N–C) groups is 1. The zero-order valence-corrected chi connectivity index (χ0v) is 25.1. The van der Waals surface area contributed by atoms with Crippen LogP contribution < -0.4 is 10.1 Å². The van der Waals surface area contributed by atoms with Crippen molar-refractivity contribution in [3.63, 3.8) is 0 Å². The van der Waals surface area contributed by atoms with Gasteiger partial charge in [0.05, 0.1) is 44.3 Å². The smallest absolute Gasteiger partial charge is 0.434 e. The first-order chi connectivity index (χ1) is 22.2. The molecule has 1 aromatic heterocycles. The molecule has 1 N–H and O–H groups in total. The van der Waals surface area contributed by atoms with Gasteiger partial charge < -0.3 is 14.8 Å². The number of carbonyl (C=O) groups is 2. The van der Waals surface area contributed by atoms with Crippen molar-refractivity contribution in [3.8, 4) is 22.6 Å². The quantitative estimate of drug-likeness (QED) is 0.254. The van der Waals surface area contributed by atoms with Crippen LogP contribution in [0, 0.1) is 0 Å². The van der Waals surface area contributed by atoms with Gasteiger partial charge in [-0.25, -0.2) is 4.68 Å². The van der Waals surface area contributed by atoms with Crippen molar-refractivity contribution in [2.24, 2.45) is 4.99 Å². The molecule has 2 aliphatic rings. The molecule has 9 nitrogen and oxygen atoms in total. The molecule has 3 heterocycles. The standard InChI is InChI=1S/C34H32F3N5O4/c1-45-27-9-7-26(8-10-27)42-32(34(35,36)37)29(21-40-42)30(43)18-22-2-4-23(5-3-22)24-6-11-28-25(19-24)20-39-31(28)33(44)38-12-13-41-14-16-46-17-15-41/h2-11,19,21H,12-18,20H2,1H3,(H,38,44). The van der Waals surface area contributed by atoms with Crippen molar-refractivity contribution in [1.82, 2.24) is 20.0 Å². The van der Waals surface area contributed by atoms with E-state index >= 15 is 0 Å². The molecule has 4 aromatic rings. The molecule has 6 rings (SSSR count). The minimum Gasteiger partial charge on any atom is -0.497 e. The Hall–Kier alpha value is -4.81. The molecule has 1 saturated heterocycles. The van der Waals surface area contributed by atoms with E-state index < -0.39 is 23.2 Å². The Balaban J connectivity index is 1.11. The highest BCUT2D eigenvalue weighted by molar-refractivity contribution is 6.46. The van der Waals surface area contributed by atoms with Crippen LogP contribution in [-0.4, -0.2) is 78.6 Å². The van der Waals surface area contributed by atoms with Crippen molar-refractivity contribution in [2.75, 3.05) is 46.5 Å². The Bertz CT molecular complexity index is 1760. The van der Waals surface area contributed by atoms with Crippen LogP contribution in [0.1, 0.15) is 32.7 Å². The van der Waals surface area contributed by atoms with E-state index in [2.05, 4.69) is 20.3 Å². The SMILES string of the molecule is COc1ccc(-n2ncc(C(=O)Cc3ccc(-c4ccc5c(c4)CN=C5C(=O)NCCN4CCOCC4)cc3)c2C(F)(F)F)cc1. The van der Waals surface area contributed by atoms with Gasteiger partial charge in [0, 0.05) is 38.2 Å². The number of aromatic nitrogens is 2. The van der Waals surface area contributed by atoms with Gasteiger partial charge in [-0.1, -0.05) is 36.4 Å². The minimum absolute atomic E-state index is 0.160. The van der Waals surface area contributed by atoms with Crippen molar-refractivity contribution < 1.29 is 32.2 Å². The van der Waals surface area contributed by atoms with Crippen molar-refractivity contribution in [3.05, 3.63) is 101 Å². The van der Waals surface area contributed by atoms with Gasteiger partial charge in [-0.15, -0.1) is 0 Å². The number of halogens is 3. The predicted molar refractivity (Wildman–Crippen MR) is 166 cm³/mol. The highest BCUT2D eigenvalue weighted by atomic mass is 19.4. The lowest BCUT2D eigenvalue weighted by Gasteiger charge is -2.26. The Morgan fingerprint density at radius 1 is 0.978 bits per heavy atom. The number of ketones is 1. The van der Waals surface area contributed by atoms with Gasteiger partial charge >= 0.3 is 6.18 Å². The zero-order valence-electron chi connectivity index (χ0n) is 25.1. The van der Waals surface area contributed by atoms with E-state index in [4.69, 9.17) is 9.47 Å². The summed E-state index contributed by atoms with van der Waals surface area (Å²) < 4.78 is 53.6. The second-order valence-corrected chi connectivity index (χ2v) is 11.1. The number of morpholine rings is 1. The first-order valence-corrected chi connectivity index (χ1v) is 14.9. The first-order valence-electron chi connectivity index (χ1n) is 14.9. The second kappa shape index (κ2) is 13.3. The number of fused-ring (bicyclic) bond motifs is 1. The molecule has 0 unspecified atom stereocenters. The largest absolute Gasteiger partial charge is 0.497 e. The summed E-state index contributed by atoms with van der Waals surface area (Å²) in [5.74, 6) is -0.400. The molecule has 0 spiro atoms. The summed E-state index contributed by atoms with van der Waals surface area (Å²) in [6, 6.07) is 18.8. The number of methoxy groups -OCH3 is 1. The van der Waals surface area contributed by atoms with Crippen molar-refractivity contribution >= 4 is 17.4 Å². The highest BCUT2D eigenvalue weighted by Gasteiger charge is 2.40. The van der Waals surface area contributed by atoms with E-state index in [1.165, 1.54) is 31.4 Å². The van der Waals surface area contributed by atoms with Crippen molar-refractivity contribution in [2.45, 2.75) is 19.1 Å². The van der Waals surface area contributed by atoms with Crippen LogP contribution in [0.3, 0.4) is 0 Å². The first kappa shape index (κ1) is 31.2. The number of nitrogens with one attached hydrogen (secondary N) is 1. The predicted octanol–water partition coefficient (Wildman–Crippen LogP) is 4.74. The normalized spacial score (nSPS) is 14.9. The molecule has 1 fully saturated rings. The van der Waals surface area contributed by atoms with Crippen LogP contribution >= 0.6 is 0 Å². The third kappa shape index (κ3) is 6.73. The fourth-order valence-electron chi connectivity index (χ4n) is 5.65. The van der Waals surface area contributed by atoms with E-state index in [-0.39, 0.29) is 18.0 Å². The van der Waals surface area contributed by atoms with Crippen LogP contribution in [0.2, 0.25) is 0 Å². The number of amides is 1. The van der Waals surface area contributed by atoms with Gasteiger partial charge in [0.1, 0.15) is 11.5 Å². The summed E-state index contributed by atoms with van der Waals surface area (Å²) in [5.41, 5.74) is 3.04. The van der Waals surface area contributed by atoms with Crippen LogP contribution in [0.5, 0.6) is 5.75 Å². The number of carbonyl (C=O) groups excluding carboxylic acids is 2. The number of hydrogen-bond donors (Lipinski definition) is 1. The Morgan fingerprint density at radius 3 is 2.39 bits per heavy atom. The van der Waals surface area contributed by atoms with Gasteiger partial charge in [0.15, 0.2) is 11.5 Å². The van der Waals surface area contributed by atoms with Gasteiger partial charge in [-0.2, -0.15) is 18.3 Å². The number of rotatable bonds is 10. The molecule has 1 amide bonds. The second-order valence-electron chi connectivity index (χ2n) is 11.1. The maximum Gasteiger partial charge on any atom is 0.434 e. The summed E-state index contributed by atoms with van der Waals surface area (Å²) in [4.78, 5) is 32.7. The summed E-state index contributed by atoms with van der Waals surface area (Å²) in [6.45, 7) is 4.81. The van der Waals surface area contributed by atoms with Gasteiger partial charge in [0.25, 0.3) is 5.91 Å². The lowest BCUT2D eigenvalue weighted by atomic mass is 9.96. The lowest BCUT2D eigenvalue weighted by Crippen LogP contribution is -2.42. The van der Waals surface area contributed by atoms with E-state index in [1.807, 2.05) is 30.3 Å². The summed E-state index contributed by atoms with van der Waals surface area (Å²) in [5, 5.41) is 6.86. The summed E-state index contributed by atoms with van der Waals surface area (Å²) >= 11 is 0. The third-order valence-electron chi connectivity index (χ3n) is 8.11. The maximum absolute atomic E-state index is 14.1. The van der Waals surface area contributed by atoms with Gasteiger partial charge in [-0.3, -0.25) is 19.5 Å². The average Bonchev–Trinajstić information content (AvgIpc) is 3.71. The Labute approximate surface area is 263 Å². The van der Waals surface area contributed by atoms with Crippen LogP contribution in [-0.2, 0) is 28.7 Å². The molecular weight excluding hydrogens is 599 g/mol. The van der Waals surface area contributed by atoms with Crippen molar-refractivity contribution in [1.29, 1.82) is 0 Å². The van der Waals surface area contributed by atoms with E-state index in [9.17, 15) is 22.8 Å². The Kier molecular flexibility index (Phi) is 9.00. The number of Topliss-reactive ketones (excluding diaryl/α,β-unsaturated/α-hetero) is 1. The van der Waals surface area contributed by atoms with E-state index in [1.54, 1.807) is 12.1 Å². The lowest BCUT2D eigenvalue weighted by molar-refractivity contribution is -0.143. The number of benzene rings is 3. The monoisotopic (exact) mass is 631 g/mol. The third-order valence-corrected chi connectivity index (χ3v) is 8.11. The number of ether oxygens (including phenoxy) is 2. The number of hydrogen-bond acceptors (Lipinski definition) is 7. The molecule has 238 valence electrons. The van der Waals surface area contributed by atoms with E-state index in [0.717, 1.165) is 52.8 Å². The molecule has 3 aromatic carbocycles. The molecular formula is C34H32F3N5O4. The van der Waals surface area contributed by atoms with E-state index in [0.29, 0.717) is 43.3 Å². The number of alkyl halides is 3. The topological polar surface area (TPSA) is 98.1 Å². The van der Waals surface area contributed by atoms with Gasteiger partial charge in [0.2, 0.25) is 0 Å². The molecule has 0 bridgehead atoms. The fraction of sp³-hybridized carbons (Fsp3) is 0.294. The average molecular weight is 632 g/mol. The van der Waals surface area contributed by atoms with Crippen LogP contribution in [0.15, 0.2) is 77.9 Å². The molecule has 0 atom stereocenters. The zero-order chi connectivity index (χ0) is 32.3. The fourth-order valence-corrected chi connectivity index (χ4v) is 5.65. The molecule has 0 aliphatic carbocycles. The molecule has 0 saturated carbocycles. The Morgan fingerprint density at radius 2 is 1.70 bits per heavy atom.